The summed E-state index contributed by atoms with van der Waals surface area (Å²) in [5, 5.41) is -1.10. The number of rotatable bonds is 2. The molecule has 6 heteroatoms. The van der Waals surface area contributed by atoms with Gasteiger partial charge in [0, 0.05) is 11.4 Å². The number of hydrogen-bond acceptors (Lipinski definition) is 1. The Balaban J connectivity index is 3.25. The molecule has 0 aliphatic rings. The molecule has 0 amide bonds. The highest BCUT2D eigenvalue weighted by Gasteiger charge is 2.21. The quantitative estimate of drug-likeness (QED) is 0.562. The number of halogens is 5. The summed E-state index contributed by atoms with van der Waals surface area (Å²) >= 11 is 10.7. The minimum atomic E-state index is -1.39. The van der Waals surface area contributed by atoms with Crippen LogP contribution in [0.4, 0.5) is 13.2 Å². The zero-order chi connectivity index (χ0) is 10.0. The van der Waals surface area contributed by atoms with Crippen LogP contribution in [0, 0.1) is 17.6 Å². The van der Waals surface area contributed by atoms with Gasteiger partial charge >= 0.3 is 0 Å². The summed E-state index contributed by atoms with van der Waals surface area (Å²) in [4.78, 5) is 2.84. The fourth-order valence-corrected chi connectivity index (χ4v) is 1.17. The molecule has 1 rings (SSSR count). The number of pyridine rings is 1. The van der Waals surface area contributed by atoms with E-state index in [9.17, 15) is 13.2 Å². The maximum Gasteiger partial charge on any atom is 0.249 e. The molecule has 0 saturated heterocycles. The Bertz CT molecular complexity index is 319. The first-order valence-corrected chi connectivity index (χ1v) is 4.24. The lowest BCUT2D eigenvalue weighted by molar-refractivity contribution is 0.451. The van der Waals surface area contributed by atoms with Crippen LogP contribution in [0.15, 0.2) is 6.20 Å². The Kier molecular flexibility index (Phi) is 3.39. The summed E-state index contributed by atoms with van der Waals surface area (Å²) in [5.74, 6) is -3.98. The molecule has 1 nitrogen and oxygen atoms in total. The van der Waals surface area contributed by atoms with Crippen molar-refractivity contribution in [1.29, 1.82) is 0 Å². The van der Waals surface area contributed by atoms with Crippen molar-refractivity contribution in [1.82, 2.24) is 4.98 Å². The van der Waals surface area contributed by atoms with Crippen LogP contribution in [0.5, 0.6) is 0 Å². The van der Waals surface area contributed by atoms with Crippen molar-refractivity contribution in [3.8, 4) is 0 Å². The highest BCUT2D eigenvalue weighted by molar-refractivity contribution is 6.28. The lowest BCUT2D eigenvalue weighted by Gasteiger charge is -2.07. The zero-order valence-corrected chi connectivity index (χ0v) is 7.71. The van der Waals surface area contributed by atoms with E-state index in [-0.39, 0.29) is 5.88 Å². The first kappa shape index (κ1) is 10.6. The van der Waals surface area contributed by atoms with E-state index < -0.39 is 28.5 Å². The van der Waals surface area contributed by atoms with E-state index in [0.29, 0.717) is 6.20 Å². The Morgan fingerprint density at radius 3 is 2.54 bits per heavy atom. The van der Waals surface area contributed by atoms with Crippen molar-refractivity contribution < 1.29 is 13.2 Å². The van der Waals surface area contributed by atoms with Crippen LogP contribution in [0.3, 0.4) is 0 Å². The third kappa shape index (κ3) is 2.06. The normalized spacial score (nSPS) is 13.0. The predicted molar refractivity (Wildman–Crippen MR) is 43.4 cm³/mol. The van der Waals surface area contributed by atoms with Crippen LogP contribution in [-0.2, 0) is 0 Å². The standard InChI is InChI=1S/C7H4Cl2F3N/c8-1-3(9)5-4(10)2-13-7(12)6(5)11/h2-3H,1H2. The van der Waals surface area contributed by atoms with Crippen LogP contribution < -0.4 is 0 Å². The van der Waals surface area contributed by atoms with Gasteiger partial charge in [-0.2, -0.15) is 4.39 Å². The lowest BCUT2D eigenvalue weighted by atomic mass is 10.2. The molecule has 13 heavy (non-hydrogen) atoms. The minimum Gasteiger partial charge on any atom is -0.223 e. The monoisotopic (exact) mass is 229 g/mol. The van der Waals surface area contributed by atoms with Gasteiger partial charge in [-0.25, -0.2) is 13.8 Å². The van der Waals surface area contributed by atoms with E-state index in [0.717, 1.165) is 0 Å². The highest BCUT2D eigenvalue weighted by atomic mass is 35.5. The minimum absolute atomic E-state index is 0.209. The molecule has 0 aliphatic carbocycles. The van der Waals surface area contributed by atoms with Crippen molar-refractivity contribution in [3.63, 3.8) is 0 Å². The molecule has 0 N–H and O–H groups in total. The van der Waals surface area contributed by atoms with Crippen LogP contribution >= 0.6 is 23.2 Å². The molecule has 0 bridgehead atoms. The maximum absolute atomic E-state index is 12.9. The molecule has 72 valence electrons. The third-order valence-corrected chi connectivity index (χ3v) is 2.25. The van der Waals surface area contributed by atoms with Gasteiger partial charge in [0.05, 0.1) is 11.6 Å². The SMILES string of the molecule is Fc1cnc(F)c(F)c1C(Cl)CCl. The number of aromatic nitrogens is 1. The van der Waals surface area contributed by atoms with E-state index in [1.165, 1.54) is 0 Å². The smallest absolute Gasteiger partial charge is 0.223 e. The third-order valence-electron chi connectivity index (χ3n) is 1.41. The van der Waals surface area contributed by atoms with E-state index in [4.69, 9.17) is 23.2 Å². The maximum atomic E-state index is 12.9. The number of alkyl halides is 2. The second kappa shape index (κ2) is 4.15. The average Bonchev–Trinajstić information content (AvgIpc) is 2.12. The molecule has 1 heterocycles. The van der Waals surface area contributed by atoms with Gasteiger partial charge in [0.25, 0.3) is 0 Å². The van der Waals surface area contributed by atoms with Crippen LogP contribution in [0.2, 0.25) is 0 Å². The zero-order valence-electron chi connectivity index (χ0n) is 6.20. The topological polar surface area (TPSA) is 12.9 Å². The van der Waals surface area contributed by atoms with Crippen molar-refractivity contribution >= 4 is 23.2 Å². The summed E-state index contributed by atoms with van der Waals surface area (Å²) < 4.78 is 38.2. The molecule has 0 saturated carbocycles. The van der Waals surface area contributed by atoms with Crippen LogP contribution in [-0.4, -0.2) is 10.9 Å². The molecule has 1 unspecified atom stereocenters. The van der Waals surface area contributed by atoms with Gasteiger partial charge in [0.1, 0.15) is 5.82 Å². The van der Waals surface area contributed by atoms with Crippen molar-refractivity contribution in [2.45, 2.75) is 5.38 Å². The fourth-order valence-electron chi connectivity index (χ4n) is 0.820. The van der Waals surface area contributed by atoms with Gasteiger partial charge in [-0.1, -0.05) is 0 Å². The van der Waals surface area contributed by atoms with E-state index in [1.807, 2.05) is 0 Å². The van der Waals surface area contributed by atoms with Crippen molar-refractivity contribution in [2.24, 2.45) is 0 Å². The Morgan fingerprint density at radius 1 is 1.38 bits per heavy atom. The van der Waals surface area contributed by atoms with E-state index in [2.05, 4.69) is 4.98 Å². The molecule has 0 aromatic carbocycles. The molecule has 0 fully saturated rings. The summed E-state index contributed by atoms with van der Waals surface area (Å²) in [5.41, 5.74) is -0.579. The Hall–Kier alpha value is -0.480. The Morgan fingerprint density at radius 2 is 2.00 bits per heavy atom. The van der Waals surface area contributed by atoms with Gasteiger partial charge in [-0.15, -0.1) is 23.2 Å². The summed E-state index contributed by atoms with van der Waals surface area (Å²) in [7, 11) is 0. The second-order valence-corrected chi connectivity index (χ2v) is 3.08. The molecular weight excluding hydrogens is 226 g/mol. The highest BCUT2D eigenvalue weighted by Crippen LogP contribution is 2.27. The Labute approximate surface area is 82.5 Å². The average molecular weight is 230 g/mol. The fraction of sp³-hybridized carbons (Fsp3) is 0.286. The van der Waals surface area contributed by atoms with Gasteiger partial charge in [-0.3, -0.25) is 0 Å². The summed E-state index contributed by atoms with van der Waals surface area (Å²) in [6, 6.07) is 0. The molecule has 1 aromatic heterocycles. The van der Waals surface area contributed by atoms with E-state index in [1.54, 1.807) is 0 Å². The second-order valence-electron chi connectivity index (χ2n) is 2.25. The van der Waals surface area contributed by atoms with Crippen molar-refractivity contribution in [2.75, 3.05) is 5.88 Å². The first-order valence-electron chi connectivity index (χ1n) is 3.27. The van der Waals surface area contributed by atoms with E-state index >= 15 is 0 Å². The summed E-state index contributed by atoms with van der Waals surface area (Å²) in [6.45, 7) is 0. The molecule has 0 radical (unpaired) electrons. The van der Waals surface area contributed by atoms with Crippen molar-refractivity contribution in [3.05, 3.63) is 29.3 Å². The molecular formula is C7H4Cl2F3N. The number of hydrogen-bond donors (Lipinski definition) is 0. The van der Waals surface area contributed by atoms with Gasteiger partial charge in [0.15, 0.2) is 5.82 Å². The first-order chi connectivity index (χ1) is 6.07. The van der Waals surface area contributed by atoms with Gasteiger partial charge in [0.2, 0.25) is 5.95 Å². The number of nitrogens with zero attached hydrogens (tertiary/aromatic N) is 1. The summed E-state index contributed by atoms with van der Waals surface area (Å²) in [6.07, 6.45) is 0.565. The lowest BCUT2D eigenvalue weighted by Crippen LogP contribution is -2.04. The van der Waals surface area contributed by atoms with Crippen LogP contribution in [0.25, 0.3) is 0 Å². The predicted octanol–water partition coefficient (Wildman–Crippen LogP) is 3.02. The van der Waals surface area contributed by atoms with Gasteiger partial charge in [-0.05, 0) is 0 Å². The van der Waals surface area contributed by atoms with Gasteiger partial charge < -0.3 is 0 Å². The molecule has 0 spiro atoms. The largest absolute Gasteiger partial charge is 0.249 e. The molecule has 1 atom stereocenters. The van der Waals surface area contributed by atoms with Crippen LogP contribution in [0.1, 0.15) is 10.9 Å². The molecule has 0 aliphatic heterocycles. The molecule has 1 aromatic rings.